The molecule has 0 aliphatic heterocycles. The van der Waals surface area contributed by atoms with E-state index in [1.54, 1.807) is 26.5 Å². The van der Waals surface area contributed by atoms with Crippen LogP contribution in [0.4, 0.5) is 0 Å². The summed E-state index contributed by atoms with van der Waals surface area (Å²) in [5.41, 5.74) is 4.48. The van der Waals surface area contributed by atoms with Gasteiger partial charge in [-0.3, -0.25) is 4.79 Å². The first kappa shape index (κ1) is 18.9. The summed E-state index contributed by atoms with van der Waals surface area (Å²) in [7, 11) is 3.14. The van der Waals surface area contributed by atoms with Gasteiger partial charge in [-0.15, -0.1) is 11.8 Å². The van der Waals surface area contributed by atoms with Gasteiger partial charge in [-0.05, 0) is 38.1 Å². The first-order valence-corrected chi connectivity index (χ1v) is 8.70. The van der Waals surface area contributed by atoms with Gasteiger partial charge in [0.25, 0.3) is 5.91 Å². The second kappa shape index (κ2) is 9.13. The molecule has 0 unspecified atom stereocenters. The lowest BCUT2D eigenvalue weighted by atomic mass is 10.2. The number of hydrogen-bond acceptors (Lipinski definition) is 5. The van der Waals surface area contributed by atoms with Crippen LogP contribution in [-0.4, -0.2) is 31.6 Å². The van der Waals surface area contributed by atoms with E-state index >= 15 is 0 Å². The Morgan fingerprint density at radius 1 is 1.16 bits per heavy atom. The number of rotatable bonds is 7. The molecule has 0 spiro atoms. The third kappa shape index (κ3) is 5.26. The van der Waals surface area contributed by atoms with E-state index in [1.807, 2.05) is 50.2 Å². The normalized spacial score (nSPS) is 12.0. The molecule has 0 fully saturated rings. The molecule has 1 amide bonds. The van der Waals surface area contributed by atoms with Crippen molar-refractivity contribution in [1.29, 1.82) is 0 Å². The number of nitrogens with zero attached hydrogens (tertiary/aromatic N) is 1. The molecule has 1 atom stereocenters. The van der Waals surface area contributed by atoms with Crippen molar-refractivity contribution < 1.29 is 14.3 Å². The topological polar surface area (TPSA) is 59.9 Å². The number of hydrogen-bond donors (Lipinski definition) is 1. The van der Waals surface area contributed by atoms with Crippen molar-refractivity contribution in [3.8, 4) is 11.5 Å². The predicted octanol–water partition coefficient (Wildman–Crippen LogP) is 3.64. The molecule has 0 aromatic heterocycles. The number of benzene rings is 2. The number of hydrazone groups is 1. The number of amides is 1. The van der Waals surface area contributed by atoms with Gasteiger partial charge < -0.3 is 9.47 Å². The number of carbonyl (C=O) groups excluding carboxylic acids is 1. The minimum atomic E-state index is -0.257. The molecular formula is C19H22N2O3S. The highest BCUT2D eigenvalue weighted by Crippen LogP contribution is 2.29. The van der Waals surface area contributed by atoms with Crippen molar-refractivity contribution in [2.24, 2.45) is 5.10 Å². The lowest BCUT2D eigenvalue weighted by Gasteiger charge is -2.11. The number of carbonyl (C=O) groups is 1. The predicted molar refractivity (Wildman–Crippen MR) is 102 cm³/mol. The Hall–Kier alpha value is -2.47. The Bertz CT molecular complexity index is 745. The minimum Gasteiger partial charge on any atom is -0.493 e. The largest absolute Gasteiger partial charge is 0.493 e. The highest BCUT2D eigenvalue weighted by atomic mass is 32.2. The van der Waals surface area contributed by atoms with Gasteiger partial charge in [0.2, 0.25) is 0 Å². The maximum absolute atomic E-state index is 12.2. The monoisotopic (exact) mass is 358 g/mol. The molecule has 0 aliphatic carbocycles. The van der Waals surface area contributed by atoms with Crippen LogP contribution in [0.3, 0.4) is 0 Å². The van der Waals surface area contributed by atoms with Crippen LogP contribution in [-0.2, 0) is 4.79 Å². The molecule has 2 rings (SSSR count). The van der Waals surface area contributed by atoms with Crippen LogP contribution in [0.25, 0.3) is 0 Å². The van der Waals surface area contributed by atoms with Gasteiger partial charge in [-0.25, -0.2) is 5.43 Å². The lowest BCUT2D eigenvalue weighted by molar-refractivity contribution is -0.120. The van der Waals surface area contributed by atoms with Crippen molar-refractivity contribution in [1.82, 2.24) is 5.43 Å². The van der Waals surface area contributed by atoms with E-state index in [1.165, 1.54) is 17.3 Å². The molecule has 0 heterocycles. The minimum absolute atomic E-state index is 0.163. The Labute approximate surface area is 152 Å². The average molecular weight is 358 g/mol. The number of thioether (sulfide) groups is 1. The molecule has 0 saturated carbocycles. The van der Waals surface area contributed by atoms with Crippen LogP contribution in [0.5, 0.6) is 11.5 Å². The van der Waals surface area contributed by atoms with Crippen molar-refractivity contribution >= 4 is 23.9 Å². The van der Waals surface area contributed by atoms with E-state index in [0.29, 0.717) is 11.5 Å². The van der Waals surface area contributed by atoms with Gasteiger partial charge in [0.1, 0.15) is 0 Å². The summed E-state index contributed by atoms with van der Waals surface area (Å²) in [6.07, 6.45) is 1.54. The highest BCUT2D eigenvalue weighted by Gasteiger charge is 2.14. The van der Waals surface area contributed by atoms with E-state index in [0.717, 1.165) is 10.5 Å². The molecule has 0 bridgehead atoms. The maximum Gasteiger partial charge on any atom is 0.253 e. The molecule has 5 nitrogen and oxygen atoms in total. The number of nitrogens with one attached hydrogen (secondary N) is 1. The fraction of sp³-hybridized carbons (Fsp3) is 0.263. The van der Waals surface area contributed by atoms with Gasteiger partial charge in [0.15, 0.2) is 11.5 Å². The second-order valence-corrected chi connectivity index (χ2v) is 6.80. The van der Waals surface area contributed by atoms with E-state index in [4.69, 9.17) is 9.47 Å². The molecule has 25 heavy (non-hydrogen) atoms. The zero-order valence-corrected chi connectivity index (χ0v) is 15.6. The van der Waals surface area contributed by atoms with Crippen LogP contribution >= 0.6 is 11.8 Å². The number of methoxy groups -OCH3 is 2. The summed E-state index contributed by atoms with van der Waals surface area (Å²) in [5.74, 6) is 1.02. The molecule has 0 radical (unpaired) electrons. The summed E-state index contributed by atoms with van der Waals surface area (Å²) in [5, 5.41) is 3.77. The Kier molecular flexibility index (Phi) is 6.89. The van der Waals surface area contributed by atoms with Gasteiger partial charge >= 0.3 is 0 Å². The number of aryl methyl sites for hydroxylation is 1. The molecular weight excluding hydrogens is 336 g/mol. The van der Waals surface area contributed by atoms with Crippen LogP contribution in [0.1, 0.15) is 18.1 Å². The maximum atomic E-state index is 12.2. The van der Waals surface area contributed by atoms with Crippen molar-refractivity contribution in [2.75, 3.05) is 14.2 Å². The van der Waals surface area contributed by atoms with E-state index in [9.17, 15) is 4.79 Å². The average Bonchev–Trinajstić information content (AvgIpc) is 2.63. The quantitative estimate of drug-likeness (QED) is 0.466. The lowest BCUT2D eigenvalue weighted by Crippen LogP contribution is -2.26. The zero-order valence-electron chi connectivity index (χ0n) is 14.8. The number of para-hydroxylation sites is 1. The zero-order chi connectivity index (χ0) is 18.2. The fourth-order valence-corrected chi connectivity index (χ4v) is 3.01. The molecule has 0 saturated heterocycles. The van der Waals surface area contributed by atoms with Gasteiger partial charge in [-0.1, -0.05) is 23.8 Å². The highest BCUT2D eigenvalue weighted by molar-refractivity contribution is 8.00. The summed E-state index contributed by atoms with van der Waals surface area (Å²) in [6.45, 7) is 3.88. The van der Waals surface area contributed by atoms with Crippen molar-refractivity contribution in [2.45, 2.75) is 24.0 Å². The van der Waals surface area contributed by atoms with Crippen LogP contribution in [0, 0.1) is 6.92 Å². The molecule has 6 heteroatoms. The van der Waals surface area contributed by atoms with E-state index < -0.39 is 0 Å². The standard InChI is InChI=1S/C19H22N2O3S/c1-13-8-10-16(11-9-13)25-14(2)19(22)21-20-12-15-6-5-7-17(23-3)18(15)24-4/h5-12,14H,1-4H3,(H,21,22)/b20-12-/t14-/m1/s1. The van der Waals surface area contributed by atoms with Gasteiger partial charge in [0, 0.05) is 10.5 Å². The Balaban J connectivity index is 1.97. The van der Waals surface area contributed by atoms with Gasteiger partial charge in [0.05, 0.1) is 25.7 Å². The van der Waals surface area contributed by atoms with E-state index in [2.05, 4.69) is 10.5 Å². The fourth-order valence-electron chi connectivity index (χ4n) is 2.14. The summed E-state index contributed by atoms with van der Waals surface area (Å²) < 4.78 is 10.6. The molecule has 1 N–H and O–H groups in total. The second-order valence-electron chi connectivity index (χ2n) is 5.39. The van der Waals surface area contributed by atoms with Crippen molar-refractivity contribution in [3.63, 3.8) is 0 Å². The van der Waals surface area contributed by atoms with Crippen LogP contribution in [0.2, 0.25) is 0 Å². The first-order valence-electron chi connectivity index (χ1n) is 7.82. The molecule has 2 aromatic carbocycles. The molecule has 0 aliphatic rings. The first-order chi connectivity index (χ1) is 12.0. The summed E-state index contributed by atoms with van der Waals surface area (Å²) >= 11 is 1.49. The van der Waals surface area contributed by atoms with Crippen LogP contribution in [0.15, 0.2) is 52.5 Å². The SMILES string of the molecule is COc1cccc(/C=N\NC(=O)[C@@H](C)Sc2ccc(C)cc2)c1OC. The smallest absolute Gasteiger partial charge is 0.253 e. The summed E-state index contributed by atoms with van der Waals surface area (Å²) in [4.78, 5) is 13.2. The summed E-state index contributed by atoms with van der Waals surface area (Å²) in [6, 6.07) is 13.5. The van der Waals surface area contributed by atoms with Crippen LogP contribution < -0.4 is 14.9 Å². The third-order valence-corrected chi connectivity index (χ3v) is 4.63. The third-order valence-electron chi connectivity index (χ3n) is 3.51. The van der Waals surface area contributed by atoms with Gasteiger partial charge in [-0.2, -0.15) is 5.10 Å². The Morgan fingerprint density at radius 2 is 1.88 bits per heavy atom. The molecule has 2 aromatic rings. The Morgan fingerprint density at radius 3 is 2.52 bits per heavy atom. The van der Waals surface area contributed by atoms with E-state index in [-0.39, 0.29) is 11.2 Å². The number of ether oxygens (including phenoxy) is 2. The van der Waals surface area contributed by atoms with Crippen molar-refractivity contribution in [3.05, 3.63) is 53.6 Å². The molecule has 132 valence electrons.